The van der Waals surface area contributed by atoms with Crippen LogP contribution in [0.4, 0.5) is 5.69 Å². The number of rotatable bonds is 3. The molecule has 0 bridgehead atoms. The van der Waals surface area contributed by atoms with E-state index in [2.05, 4.69) is 41.7 Å². The molecule has 2 rings (SSSR count). The fraction of sp³-hybridized carbons (Fsp3) is 0.636. The minimum absolute atomic E-state index is 0.467. The molecular formula is C11H17NS2. The Morgan fingerprint density at radius 3 is 2.93 bits per heavy atom. The topological polar surface area (TPSA) is 12.0 Å². The van der Waals surface area contributed by atoms with Gasteiger partial charge in [0.15, 0.2) is 0 Å². The largest absolute Gasteiger partial charge is 0.383 e. The maximum absolute atomic E-state index is 3.56. The molecule has 1 aromatic heterocycles. The Morgan fingerprint density at radius 2 is 2.36 bits per heavy atom. The average Bonchev–Trinajstić information content (AvgIpc) is 2.73. The number of nitrogens with one attached hydrogen (secondary N) is 1. The summed E-state index contributed by atoms with van der Waals surface area (Å²) >= 11 is 3.89. The predicted molar refractivity (Wildman–Crippen MR) is 67.6 cm³/mol. The zero-order valence-corrected chi connectivity index (χ0v) is 10.4. The summed E-state index contributed by atoms with van der Waals surface area (Å²) in [6.45, 7) is 5.65. The summed E-state index contributed by atoms with van der Waals surface area (Å²) in [5.74, 6) is 1.33. The highest BCUT2D eigenvalue weighted by atomic mass is 32.2. The third kappa shape index (κ3) is 2.26. The SMILES string of the molecule is Cc1cscc1NCC1(C)CCCS1. The van der Waals surface area contributed by atoms with Gasteiger partial charge in [0.25, 0.3) is 0 Å². The Morgan fingerprint density at radius 1 is 1.50 bits per heavy atom. The van der Waals surface area contributed by atoms with Crippen molar-refractivity contribution in [1.82, 2.24) is 0 Å². The van der Waals surface area contributed by atoms with Crippen LogP contribution in [-0.2, 0) is 0 Å². The van der Waals surface area contributed by atoms with Crippen LogP contribution in [0.25, 0.3) is 0 Å². The van der Waals surface area contributed by atoms with Crippen LogP contribution in [0, 0.1) is 6.92 Å². The maximum atomic E-state index is 3.56. The van der Waals surface area contributed by atoms with Crippen LogP contribution in [-0.4, -0.2) is 17.0 Å². The summed E-state index contributed by atoms with van der Waals surface area (Å²) in [7, 11) is 0. The molecule has 1 unspecified atom stereocenters. The summed E-state index contributed by atoms with van der Waals surface area (Å²) in [6.07, 6.45) is 2.74. The second-order valence-electron chi connectivity index (χ2n) is 4.22. The molecule has 2 heterocycles. The molecule has 0 saturated carbocycles. The highest BCUT2D eigenvalue weighted by Gasteiger charge is 2.29. The van der Waals surface area contributed by atoms with Gasteiger partial charge in [0.2, 0.25) is 0 Å². The van der Waals surface area contributed by atoms with Crippen molar-refractivity contribution in [2.24, 2.45) is 0 Å². The van der Waals surface area contributed by atoms with E-state index in [0.29, 0.717) is 4.75 Å². The lowest BCUT2D eigenvalue weighted by atomic mass is 10.1. The lowest BCUT2D eigenvalue weighted by Crippen LogP contribution is -2.27. The molecule has 1 aromatic rings. The summed E-state index contributed by atoms with van der Waals surface area (Å²) < 4.78 is 0.467. The predicted octanol–water partition coefficient (Wildman–Crippen LogP) is 3.75. The molecule has 1 aliphatic rings. The zero-order chi connectivity index (χ0) is 10.0. The molecule has 78 valence electrons. The van der Waals surface area contributed by atoms with Crippen molar-refractivity contribution >= 4 is 28.8 Å². The number of hydrogen-bond donors (Lipinski definition) is 1. The smallest absolute Gasteiger partial charge is 0.0479 e. The van der Waals surface area contributed by atoms with Crippen LogP contribution in [0.3, 0.4) is 0 Å². The Labute approximate surface area is 94.3 Å². The Bertz CT molecular complexity index is 300. The molecule has 0 radical (unpaired) electrons. The average molecular weight is 227 g/mol. The summed E-state index contributed by atoms with van der Waals surface area (Å²) in [6, 6.07) is 0. The van der Waals surface area contributed by atoms with Crippen molar-refractivity contribution < 1.29 is 0 Å². The third-order valence-corrected chi connectivity index (χ3v) is 5.21. The molecule has 0 amide bonds. The molecule has 1 nitrogen and oxygen atoms in total. The van der Waals surface area contributed by atoms with E-state index in [1.165, 1.54) is 29.8 Å². The Balaban J connectivity index is 1.91. The molecular weight excluding hydrogens is 210 g/mol. The quantitative estimate of drug-likeness (QED) is 0.844. The Kier molecular flexibility index (Phi) is 3.07. The van der Waals surface area contributed by atoms with Crippen molar-refractivity contribution in [3.63, 3.8) is 0 Å². The van der Waals surface area contributed by atoms with Crippen LogP contribution in [0.5, 0.6) is 0 Å². The van der Waals surface area contributed by atoms with Gasteiger partial charge in [-0.25, -0.2) is 0 Å². The third-order valence-electron chi connectivity index (χ3n) is 2.81. The van der Waals surface area contributed by atoms with Gasteiger partial charge in [0, 0.05) is 22.4 Å². The summed E-state index contributed by atoms with van der Waals surface area (Å²) in [5, 5.41) is 7.97. The highest BCUT2D eigenvalue weighted by Crippen LogP contribution is 2.38. The molecule has 3 heteroatoms. The number of anilines is 1. The van der Waals surface area contributed by atoms with E-state index in [9.17, 15) is 0 Å². The van der Waals surface area contributed by atoms with E-state index in [0.717, 1.165) is 6.54 Å². The van der Waals surface area contributed by atoms with E-state index in [-0.39, 0.29) is 0 Å². The van der Waals surface area contributed by atoms with Crippen molar-refractivity contribution in [3.8, 4) is 0 Å². The zero-order valence-electron chi connectivity index (χ0n) is 8.80. The maximum Gasteiger partial charge on any atom is 0.0479 e. The van der Waals surface area contributed by atoms with Gasteiger partial charge in [-0.15, -0.1) is 11.3 Å². The van der Waals surface area contributed by atoms with Gasteiger partial charge < -0.3 is 5.32 Å². The van der Waals surface area contributed by atoms with Gasteiger partial charge in [0.1, 0.15) is 0 Å². The number of aryl methyl sites for hydroxylation is 1. The Hall–Kier alpha value is -0.150. The van der Waals surface area contributed by atoms with Crippen LogP contribution >= 0.6 is 23.1 Å². The molecule has 1 N–H and O–H groups in total. The number of thioether (sulfide) groups is 1. The molecule has 1 atom stereocenters. The van der Waals surface area contributed by atoms with Gasteiger partial charge in [-0.3, -0.25) is 0 Å². The fourth-order valence-corrected chi connectivity index (χ4v) is 3.85. The first-order valence-electron chi connectivity index (χ1n) is 5.10. The van der Waals surface area contributed by atoms with Gasteiger partial charge in [0.05, 0.1) is 0 Å². The lowest BCUT2D eigenvalue weighted by molar-refractivity contribution is 0.635. The summed E-state index contributed by atoms with van der Waals surface area (Å²) in [5.41, 5.74) is 2.70. The van der Waals surface area contributed by atoms with Crippen LogP contribution in [0.2, 0.25) is 0 Å². The van der Waals surface area contributed by atoms with Crippen molar-refractivity contribution in [2.75, 3.05) is 17.6 Å². The standard InChI is InChI=1S/C11H17NS2/c1-9-6-13-7-10(9)12-8-11(2)4-3-5-14-11/h6-7,12H,3-5,8H2,1-2H3. The molecule has 1 aliphatic heterocycles. The molecule has 0 aliphatic carbocycles. The van der Waals surface area contributed by atoms with E-state index in [1.54, 1.807) is 11.3 Å². The van der Waals surface area contributed by atoms with Gasteiger partial charge in [-0.2, -0.15) is 11.8 Å². The first-order chi connectivity index (χ1) is 6.70. The van der Waals surface area contributed by atoms with E-state index in [1.807, 2.05) is 0 Å². The van der Waals surface area contributed by atoms with Crippen LogP contribution in [0.15, 0.2) is 10.8 Å². The second-order valence-corrected chi connectivity index (χ2v) is 6.65. The normalized spacial score (nSPS) is 26.7. The van der Waals surface area contributed by atoms with E-state index in [4.69, 9.17) is 0 Å². The van der Waals surface area contributed by atoms with Crippen LogP contribution < -0.4 is 5.32 Å². The van der Waals surface area contributed by atoms with Gasteiger partial charge >= 0.3 is 0 Å². The van der Waals surface area contributed by atoms with Crippen LogP contribution in [0.1, 0.15) is 25.3 Å². The van der Waals surface area contributed by atoms with E-state index >= 15 is 0 Å². The molecule has 1 saturated heterocycles. The molecule has 0 aromatic carbocycles. The van der Waals surface area contributed by atoms with Gasteiger partial charge in [-0.05, 0) is 43.4 Å². The van der Waals surface area contributed by atoms with E-state index < -0.39 is 0 Å². The van der Waals surface area contributed by atoms with Crippen molar-refractivity contribution in [3.05, 3.63) is 16.3 Å². The first-order valence-corrected chi connectivity index (χ1v) is 7.03. The van der Waals surface area contributed by atoms with Crippen molar-refractivity contribution in [2.45, 2.75) is 31.4 Å². The number of hydrogen-bond acceptors (Lipinski definition) is 3. The van der Waals surface area contributed by atoms with Crippen molar-refractivity contribution in [1.29, 1.82) is 0 Å². The molecule has 0 spiro atoms. The molecule has 1 fully saturated rings. The second kappa shape index (κ2) is 4.15. The number of thiophene rings is 1. The highest BCUT2D eigenvalue weighted by molar-refractivity contribution is 8.00. The van der Waals surface area contributed by atoms with Gasteiger partial charge in [-0.1, -0.05) is 0 Å². The lowest BCUT2D eigenvalue weighted by Gasteiger charge is -2.23. The fourth-order valence-electron chi connectivity index (χ4n) is 1.80. The minimum Gasteiger partial charge on any atom is -0.383 e. The minimum atomic E-state index is 0.467. The first kappa shape index (κ1) is 10.4. The summed E-state index contributed by atoms with van der Waals surface area (Å²) in [4.78, 5) is 0. The monoisotopic (exact) mass is 227 g/mol. The molecule has 14 heavy (non-hydrogen) atoms.